The van der Waals surface area contributed by atoms with E-state index in [9.17, 15) is 4.79 Å². The SMILES string of the molecule is O=C(O)c1ccc2c(S)cn(-c3ncc(Br)cn3)c2c1. The fraction of sp³-hybridized carbons (Fsp3) is 0. The van der Waals surface area contributed by atoms with Crippen LogP contribution in [0.4, 0.5) is 0 Å². The number of carboxylic acid groups (broad SMARTS) is 1. The maximum absolute atomic E-state index is 11.1. The van der Waals surface area contributed by atoms with Crippen LogP contribution in [0.25, 0.3) is 16.9 Å². The third-order valence-corrected chi connectivity index (χ3v) is 3.62. The van der Waals surface area contributed by atoms with Gasteiger partial charge in [0.15, 0.2) is 0 Å². The first-order valence-corrected chi connectivity index (χ1v) is 6.85. The lowest BCUT2D eigenvalue weighted by Crippen LogP contribution is -2.00. The van der Waals surface area contributed by atoms with E-state index in [1.54, 1.807) is 41.4 Å². The van der Waals surface area contributed by atoms with Crippen molar-refractivity contribution in [2.45, 2.75) is 4.90 Å². The van der Waals surface area contributed by atoms with Crippen LogP contribution >= 0.6 is 28.6 Å². The molecule has 2 aromatic heterocycles. The van der Waals surface area contributed by atoms with Gasteiger partial charge in [-0.1, -0.05) is 6.07 Å². The Bertz CT molecular complexity index is 814. The molecule has 20 heavy (non-hydrogen) atoms. The molecule has 2 heterocycles. The molecular formula is C13H8BrN3O2S. The number of benzene rings is 1. The summed E-state index contributed by atoms with van der Waals surface area (Å²) in [5.74, 6) is -0.516. The van der Waals surface area contributed by atoms with Gasteiger partial charge in [0.05, 0.1) is 15.6 Å². The van der Waals surface area contributed by atoms with Gasteiger partial charge < -0.3 is 5.11 Å². The third kappa shape index (κ3) is 2.19. The Hall–Kier alpha value is -1.86. The van der Waals surface area contributed by atoms with Gasteiger partial charge in [-0.25, -0.2) is 14.8 Å². The Morgan fingerprint density at radius 3 is 2.65 bits per heavy atom. The molecule has 0 amide bonds. The van der Waals surface area contributed by atoms with Gasteiger partial charge >= 0.3 is 5.97 Å². The highest BCUT2D eigenvalue weighted by Crippen LogP contribution is 2.27. The normalized spacial score (nSPS) is 10.9. The van der Waals surface area contributed by atoms with Crippen molar-refractivity contribution in [2.24, 2.45) is 0 Å². The van der Waals surface area contributed by atoms with Crippen molar-refractivity contribution in [1.82, 2.24) is 14.5 Å². The van der Waals surface area contributed by atoms with Crippen LogP contribution < -0.4 is 0 Å². The van der Waals surface area contributed by atoms with Crippen molar-refractivity contribution in [3.05, 3.63) is 46.8 Å². The zero-order valence-corrected chi connectivity index (χ0v) is 12.5. The van der Waals surface area contributed by atoms with Gasteiger partial charge in [0.2, 0.25) is 5.95 Å². The number of thiol groups is 1. The molecule has 0 radical (unpaired) electrons. The second-order valence-corrected chi connectivity index (χ2v) is 5.52. The van der Waals surface area contributed by atoms with E-state index in [0.717, 1.165) is 14.8 Å². The summed E-state index contributed by atoms with van der Waals surface area (Å²) in [6, 6.07) is 4.87. The summed E-state index contributed by atoms with van der Waals surface area (Å²) in [5, 5.41) is 9.93. The first-order chi connectivity index (χ1) is 9.56. The van der Waals surface area contributed by atoms with Crippen LogP contribution in [0.1, 0.15) is 10.4 Å². The number of aromatic carboxylic acids is 1. The van der Waals surface area contributed by atoms with E-state index in [1.807, 2.05) is 0 Å². The molecule has 0 spiro atoms. The molecule has 0 aliphatic rings. The van der Waals surface area contributed by atoms with Gasteiger partial charge in [-0.05, 0) is 28.1 Å². The summed E-state index contributed by atoms with van der Waals surface area (Å²) < 4.78 is 2.49. The second-order valence-electron chi connectivity index (χ2n) is 4.12. The third-order valence-electron chi connectivity index (χ3n) is 2.85. The van der Waals surface area contributed by atoms with Crippen LogP contribution in [0.5, 0.6) is 0 Å². The predicted octanol–water partition coefficient (Wildman–Crippen LogP) is 3.17. The second kappa shape index (κ2) is 4.92. The van der Waals surface area contributed by atoms with Gasteiger partial charge in [-0.15, -0.1) is 12.6 Å². The lowest BCUT2D eigenvalue weighted by Gasteiger charge is -2.03. The molecule has 5 nitrogen and oxygen atoms in total. The molecule has 0 saturated heterocycles. The number of carbonyl (C=O) groups is 1. The summed E-state index contributed by atoms with van der Waals surface area (Å²) in [4.78, 5) is 20.2. The number of carboxylic acids is 1. The average Bonchev–Trinajstić information content (AvgIpc) is 2.76. The molecule has 7 heteroatoms. The smallest absolute Gasteiger partial charge is 0.335 e. The fourth-order valence-corrected chi connectivity index (χ4v) is 2.45. The molecule has 0 bridgehead atoms. The van der Waals surface area contributed by atoms with Gasteiger partial charge in [-0.3, -0.25) is 4.57 Å². The van der Waals surface area contributed by atoms with Crippen molar-refractivity contribution in [3.63, 3.8) is 0 Å². The zero-order valence-electron chi connectivity index (χ0n) is 9.99. The maximum atomic E-state index is 11.1. The summed E-state index contributed by atoms with van der Waals surface area (Å²) in [5.41, 5.74) is 0.916. The van der Waals surface area contributed by atoms with E-state index in [2.05, 4.69) is 38.5 Å². The number of rotatable bonds is 2. The van der Waals surface area contributed by atoms with E-state index >= 15 is 0 Å². The van der Waals surface area contributed by atoms with Crippen molar-refractivity contribution in [2.75, 3.05) is 0 Å². The lowest BCUT2D eigenvalue weighted by molar-refractivity contribution is 0.0697. The monoisotopic (exact) mass is 349 g/mol. The van der Waals surface area contributed by atoms with Gasteiger partial charge in [0.1, 0.15) is 0 Å². The first kappa shape index (κ1) is 13.1. The number of halogens is 1. The quantitative estimate of drug-likeness (QED) is 0.697. The molecule has 0 unspecified atom stereocenters. The first-order valence-electron chi connectivity index (χ1n) is 5.61. The Kier molecular flexibility index (Phi) is 3.23. The molecule has 0 aliphatic carbocycles. The van der Waals surface area contributed by atoms with Crippen molar-refractivity contribution < 1.29 is 9.90 Å². The van der Waals surface area contributed by atoms with Crippen molar-refractivity contribution in [3.8, 4) is 5.95 Å². The Labute approximate surface area is 127 Å². The van der Waals surface area contributed by atoms with Crippen LogP contribution in [0.15, 0.2) is 46.2 Å². The van der Waals surface area contributed by atoms with E-state index < -0.39 is 5.97 Å². The molecule has 0 fully saturated rings. The molecule has 3 rings (SSSR count). The van der Waals surface area contributed by atoms with Crippen LogP contribution in [0, 0.1) is 0 Å². The van der Waals surface area contributed by atoms with E-state index in [-0.39, 0.29) is 5.56 Å². The van der Waals surface area contributed by atoms with Gasteiger partial charge in [0, 0.05) is 28.9 Å². The topological polar surface area (TPSA) is 68.0 Å². The number of hydrogen-bond acceptors (Lipinski definition) is 4. The zero-order chi connectivity index (χ0) is 14.3. The summed E-state index contributed by atoms with van der Waals surface area (Å²) >= 11 is 7.67. The van der Waals surface area contributed by atoms with Crippen molar-refractivity contribution >= 4 is 45.4 Å². The number of hydrogen-bond donors (Lipinski definition) is 2. The van der Waals surface area contributed by atoms with Gasteiger partial charge in [-0.2, -0.15) is 0 Å². The molecular weight excluding hydrogens is 342 g/mol. The maximum Gasteiger partial charge on any atom is 0.335 e. The molecule has 1 aromatic carbocycles. The molecule has 0 aliphatic heterocycles. The Morgan fingerprint density at radius 2 is 2.00 bits per heavy atom. The number of nitrogens with zero attached hydrogens (tertiary/aromatic N) is 3. The molecule has 100 valence electrons. The standard InChI is InChI=1S/C13H8BrN3O2S/c14-8-4-15-13(16-5-8)17-6-11(20)9-2-1-7(12(18)19)3-10(9)17/h1-6,20H,(H,18,19). The summed E-state index contributed by atoms with van der Waals surface area (Å²) in [6.45, 7) is 0. The van der Waals surface area contributed by atoms with Gasteiger partial charge in [0.25, 0.3) is 0 Å². The number of aromatic nitrogens is 3. The van der Waals surface area contributed by atoms with E-state index in [0.29, 0.717) is 11.5 Å². The summed E-state index contributed by atoms with van der Waals surface area (Å²) in [7, 11) is 0. The minimum absolute atomic E-state index is 0.210. The fourth-order valence-electron chi connectivity index (χ4n) is 1.94. The Balaban J connectivity index is 2.27. The van der Waals surface area contributed by atoms with Crippen LogP contribution in [0.2, 0.25) is 0 Å². The van der Waals surface area contributed by atoms with E-state index in [1.165, 1.54) is 0 Å². The molecule has 0 atom stereocenters. The van der Waals surface area contributed by atoms with Crippen LogP contribution in [0.3, 0.4) is 0 Å². The highest BCUT2D eigenvalue weighted by Gasteiger charge is 2.12. The lowest BCUT2D eigenvalue weighted by atomic mass is 10.1. The highest BCUT2D eigenvalue weighted by atomic mass is 79.9. The highest BCUT2D eigenvalue weighted by molar-refractivity contribution is 9.10. The molecule has 3 aromatic rings. The summed E-state index contributed by atoms with van der Waals surface area (Å²) in [6.07, 6.45) is 5.03. The molecule has 0 saturated carbocycles. The van der Waals surface area contributed by atoms with Crippen LogP contribution in [-0.4, -0.2) is 25.6 Å². The number of fused-ring (bicyclic) bond motifs is 1. The van der Waals surface area contributed by atoms with Crippen molar-refractivity contribution in [1.29, 1.82) is 0 Å². The minimum Gasteiger partial charge on any atom is -0.478 e. The largest absolute Gasteiger partial charge is 0.478 e. The van der Waals surface area contributed by atoms with Crippen LogP contribution in [-0.2, 0) is 0 Å². The molecule has 1 N–H and O–H groups in total. The average molecular weight is 350 g/mol. The Morgan fingerprint density at radius 1 is 1.30 bits per heavy atom. The predicted molar refractivity (Wildman–Crippen MR) is 80.8 cm³/mol. The van der Waals surface area contributed by atoms with E-state index in [4.69, 9.17) is 5.11 Å². The minimum atomic E-state index is -0.975.